The minimum Gasteiger partial charge on any atom is -0.492 e. The van der Waals surface area contributed by atoms with Gasteiger partial charge in [0, 0.05) is 12.6 Å². The molecule has 0 aromatic heterocycles. The fourth-order valence-electron chi connectivity index (χ4n) is 1.41. The van der Waals surface area contributed by atoms with Crippen LogP contribution in [0.2, 0.25) is 0 Å². The Labute approximate surface area is 114 Å². The van der Waals surface area contributed by atoms with Crippen LogP contribution < -0.4 is 15.4 Å². The summed E-state index contributed by atoms with van der Waals surface area (Å²) in [5.74, 6) is 0.818. The molecule has 1 rings (SSSR count). The van der Waals surface area contributed by atoms with Crippen LogP contribution in [0.3, 0.4) is 0 Å². The van der Waals surface area contributed by atoms with Gasteiger partial charge in [-0.05, 0) is 25.0 Å². The molecule has 5 nitrogen and oxygen atoms in total. The Morgan fingerprint density at radius 3 is 2.63 bits per heavy atom. The topological polar surface area (TPSA) is 70.6 Å². The number of nitrogens with one attached hydrogen (secondary N) is 2. The molecule has 1 aromatic carbocycles. The number of urea groups is 1. The Hall–Kier alpha value is -1.75. The van der Waals surface area contributed by atoms with Crippen LogP contribution in [-0.2, 0) is 0 Å². The van der Waals surface area contributed by atoms with Crippen LogP contribution in [0.4, 0.5) is 4.79 Å². The summed E-state index contributed by atoms with van der Waals surface area (Å²) in [7, 11) is 0. The van der Waals surface area contributed by atoms with Crippen LogP contribution in [0.15, 0.2) is 30.3 Å². The van der Waals surface area contributed by atoms with Crippen LogP contribution in [0.5, 0.6) is 5.75 Å². The molecular formula is C14H22N2O3. The van der Waals surface area contributed by atoms with E-state index in [0.29, 0.717) is 13.2 Å². The number of rotatable bonds is 7. The molecule has 3 N–H and O–H groups in total. The second-order valence-corrected chi connectivity index (χ2v) is 4.51. The maximum Gasteiger partial charge on any atom is 0.315 e. The standard InChI is InChI=1S/C14H22N2O3/c1-11(10-17)12(2)16-14(18)15-8-9-19-13-6-4-3-5-7-13/h3-7,11-12,17H,8-10H2,1-2H3,(H2,15,16,18). The number of carbonyl (C=O) groups is 1. The summed E-state index contributed by atoms with van der Waals surface area (Å²) in [5.41, 5.74) is 0. The second kappa shape index (κ2) is 8.37. The van der Waals surface area contributed by atoms with Crippen molar-refractivity contribution in [1.82, 2.24) is 10.6 Å². The Balaban J connectivity index is 2.14. The van der Waals surface area contributed by atoms with Gasteiger partial charge in [0.15, 0.2) is 0 Å². The van der Waals surface area contributed by atoms with Crippen molar-refractivity contribution in [1.29, 1.82) is 0 Å². The third-order valence-corrected chi connectivity index (χ3v) is 2.90. The molecule has 0 fully saturated rings. The highest BCUT2D eigenvalue weighted by atomic mass is 16.5. The third-order valence-electron chi connectivity index (χ3n) is 2.90. The maximum absolute atomic E-state index is 11.5. The van der Waals surface area contributed by atoms with E-state index in [2.05, 4.69) is 10.6 Å². The van der Waals surface area contributed by atoms with E-state index in [4.69, 9.17) is 9.84 Å². The van der Waals surface area contributed by atoms with Gasteiger partial charge in [-0.15, -0.1) is 0 Å². The van der Waals surface area contributed by atoms with Gasteiger partial charge >= 0.3 is 6.03 Å². The van der Waals surface area contributed by atoms with Crippen molar-refractivity contribution in [3.05, 3.63) is 30.3 Å². The molecule has 2 unspecified atom stereocenters. The summed E-state index contributed by atoms with van der Waals surface area (Å²) in [5, 5.41) is 14.4. The van der Waals surface area contributed by atoms with Crippen molar-refractivity contribution in [3.63, 3.8) is 0 Å². The molecular weight excluding hydrogens is 244 g/mol. The first-order valence-electron chi connectivity index (χ1n) is 6.46. The lowest BCUT2D eigenvalue weighted by Gasteiger charge is -2.19. The van der Waals surface area contributed by atoms with Gasteiger partial charge in [-0.1, -0.05) is 25.1 Å². The van der Waals surface area contributed by atoms with E-state index in [1.165, 1.54) is 0 Å². The smallest absolute Gasteiger partial charge is 0.315 e. The number of amides is 2. The molecule has 0 aliphatic rings. The molecule has 0 aliphatic heterocycles. The monoisotopic (exact) mass is 266 g/mol. The van der Waals surface area contributed by atoms with Crippen LogP contribution in [0, 0.1) is 5.92 Å². The zero-order valence-corrected chi connectivity index (χ0v) is 11.4. The third kappa shape index (κ3) is 6.10. The number of aliphatic hydroxyl groups excluding tert-OH is 1. The summed E-state index contributed by atoms with van der Waals surface area (Å²) in [4.78, 5) is 11.5. The minimum absolute atomic E-state index is 0.0336. The van der Waals surface area contributed by atoms with Gasteiger partial charge in [-0.25, -0.2) is 4.79 Å². The van der Waals surface area contributed by atoms with Gasteiger partial charge in [-0.2, -0.15) is 0 Å². The quantitative estimate of drug-likeness (QED) is 0.653. The Bertz CT molecular complexity index is 370. The van der Waals surface area contributed by atoms with Gasteiger partial charge in [0.2, 0.25) is 0 Å². The highest BCUT2D eigenvalue weighted by molar-refractivity contribution is 5.74. The van der Waals surface area contributed by atoms with E-state index in [9.17, 15) is 4.79 Å². The van der Waals surface area contributed by atoms with Crippen molar-refractivity contribution in [2.45, 2.75) is 19.9 Å². The predicted octanol–water partition coefficient (Wildman–Crippen LogP) is 1.38. The number of aliphatic hydroxyl groups is 1. The predicted molar refractivity (Wildman–Crippen MR) is 74.2 cm³/mol. The zero-order chi connectivity index (χ0) is 14.1. The molecule has 0 bridgehead atoms. The molecule has 0 spiro atoms. The Morgan fingerprint density at radius 2 is 2.00 bits per heavy atom. The van der Waals surface area contributed by atoms with E-state index >= 15 is 0 Å². The molecule has 2 atom stereocenters. The van der Waals surface area contributed by atoms with Crippen molar-refractivity contribution in [3.8, 4) is 5.75 Å². The number of carbonyl (C=O) groups excluding carboxylic acids is 1. The molecule has 5 heteroatoms. The highest BCUT2D eigenvalue weighted by Crippen LogP contribution is 2.07. The molecule has 1 aromatic rings. The maximum atomic E-state index is 11.5. The van der Waals surface area contributed by atoms with E-state index in [0.717, 1.165) is 5.75 Å². The first-order valence-corrected chi connectivity index (χ1v) is 6.46. The summed E-state index contributed by atoms with van der Waals surface area (Å²) >= 11 is 0. The number of hydrogen-bond acceptors (Lipinski definition) is 3. The van der Waals surface area contributed by atoms with E-state index in [1.54, 1.807) is 0 Å². The Kier molecular flexibility index (Phi) is 6.74. The first kappa shape index (κ1) is 15.3. The molecule has 106 valence electrons. The van der Waals surface area contributed by atoms with Crippen molar-refractivity contribution in [2.24, 2.45) is 5.92 Å². The van der Waals surface area contributed by atoms with Gasteiger partial charge in [0.1, 0.15) is 12.4 Å². The normalized spacial score (nSPS) is 13.4. The molecule has 19 heavy (non-hydrogen) atoms. The van der Waals surface area contributed by atoms with E-state index in [-0.39, 0.29) is 24.6 Å². The van der Waals surface area contributed by atoms with Crippen LogP contribution in [0.1, 0.15) is 13.8 Å². The molecule has 0 saturated carbocycles. The molecule has 0 heterocycles. The number of para-hydroxylation sites is 1. The SMILES string of the molecule is CC(CO)C(C)NC(=O)NCCOc1ccccc1. The second-order valence-electron chi connectivity index (χ2n) is 4.51. The minimum atomic E-state index is -0.246. The largest absolute Gasteiger partial charge is 0.492 e. The van der Waals surface area contributed by atoms with Crippen molar-refractivity contribution in [2.75, 3.05) is 19.8 Å². The lowest BCUT2D eigenvalue weighted by molar-refractivity contribution is 0.199. The summed E-state index contributed by atoms with van der Waals surface area (Å²) < 4.78 is 5.45. The van der Waals surface area contributed by atoms with Crippen molar-refractivity contribution < 1.29 is 14.6 Å². The summed E-state index contributed by atoms with van der Waals surface area (Å²) in [6, 6.07) is 9.13. The number of hydrogen-bond donors (Lipinski definition) is 3. The molecule has 0 saturated heterocycles. The fraction of sp³-hybridized carbons (Fsp3) is 0.500. The van der Waals surface area contributed by atoms with E-state index in [1.807, 2.05) is 44.2 Å². The van der Waals surface area contributed by atoms with E-state index < -0.39 is 0 Å². The molecule has 2 amide bonds. The van der Waals surface area contributed by atoms with Gasteiger partial charge < -0.3 is 20.5 Å². The van der Waals surface area contributed by atoms with Crippen LogP contribution >= 0.6 is 0 Å². The fourth-order valence-corrected chi connectivity index (χ4v) is 1.41. The number of benzene rings is 1. The lowest BCUT2D eigenvalue weighted by Crippen LogP contribution is -2.45. The lowest BCUT2D eigenvalue weighted by atomic mass is 10.1. The summed E-state index contributed by atoms with van der Waals surface area (Å²) in [6.07, 6.45) is 0. The highest BCUT2D eigenvalue weighted by Gasteiger charge is 2.13. The average molecular weight is 266 g/mol. The van der Waals surface area contributed by atoms with Gasteiger partial charge in [-0.3, -0.25) is 0 Å². The molecule has 0 radical (unpaired) electrons. The van der Waals surface area contributed by atoms with Gasteiger partial charge in [0.25, 0.3) is 0 Å². The Morgan fingerprint density at radius 1 is 1.32 bits per heavy atom. The zero-order valence-electron chi connectivity index (χ0n) is 11.4. The van der Waals surface area contributed by atoms with Crippen molar-refractivity contribution >= 4 is 6.03 Å². The number of ether oxygens (including phenoxy) is 1. The first-order chi connectivity index (χ1) is 9.13. The van der Waals surface area contributed by atoms with Crippen LogP contribution in [-0.4, -0.2) is 36.9 Å². The van der Waals surface area contributed by atoms with Crippen LogP contribution in [0.25, 0.3) is 0 Å². The molecule has 0 aliphatic carbocycles. The van der Waals surface area contributed by atoms with Gasteiger partial charge in [0.05, 0.1) is 6.54 Å². The average Bonchev–Trinajstić information content (AvgIpc) is 2.43. The summed E-state index contributed by atoms with van der Waals surface area (Å²) in [6.45, 7) is 4.64.